The fraction of sp³-hybridized carbons (Fsp3) is 0.333. The maximum atomic E-state index is 9.22. The van der Waals surface area contributed by atoms with Gasteiger partial charge in [-0.1, -0.05) is 30.7 Å². The van der Waals surface area contributed by atoms with Gasteiger partial charge >= 0.3 is 0 Å². The quantitative estimate of drug-likeness (QED) is 0.916. The van der Waals surface area contributed by atoms with E-state index in [1.54, 1.807) is 16.8 Å². The summed E-state index contributed by atoms with van der Waals surface area (Å²) in [5.41, 5.74) is 7.19. The summed E-state index contributed by atoms with van der Waals surface area (Å²) in [6, 6.07) is 9.48. The molecule has 2 N–H and O–H groups in total. The van der Waals surface area contributed by atoms with Crippen LogP contribution in [0.5, 0.6) is 5.88 Å². The number of anilines is 1. The predicted molar refractivity (Wildman–Crippen MR) is 82.1 cm³/mol. The fourth-order valence-corrected chi connectivity index (χ4v) is 2.00. The Morgan fingerprint density at radius 1 is 1.43 bits per heavy atom. The Balaban J connectivity index is 2.20. The van der Waals surface area contributed by atoms with Crippen molar-refractivity contribution in [3.8, 4) is 11.9 Å². The highest BCUT2D eigenvalue weighted by atomic mass is 35.5. The number of nitrogens with two attached hydrogens (primary N) is 1. The molecule has 0 saturated carbocycles. The molecule has 0 saturated heterocycles. The van der Waals surface area contributed by atoms with Crippen molar-refractivity contribution in [3.63, 3.8) is 0 Å². The number of halogens is 1. The molecule has 1 atom stereocenters. The lowest BCUT2D eigenvalue weighted by Crippen LogP contribution is -2.09. The molecule has 21 heavy (non-hydrogen) atoms. The molecule has 0 spiro atoms. The van der Waals surface area contributed by atoms with E-state index < -0.39 is 0 Å². The summed E-state index contributed by atoms with van der Waals surface area (Å²) < 4.78 is 7.27. The largest absolute Gasteiger partial charge is 0.471 e. The number of hydrogen-bond acceptors (Lipinski definition) is 4. The molecule has 2 rings (SSSR count). The van der Waals surface area contributed by atoms with Crippen LogP contribution in [0.1, 0.15) is 37.4 Å². The average molecular weight is 305 g/mol. The molecule has 0 unspecified atom stereocenters. The number of rotatable bonds is 5. The van der Waals surface area contributed by atoms with Crippen LogP contribution in [0.3, 0.4) is 0 Å². The highest BCUT2D eigenvalue weighted by Gasteiger charge is 2.19. The van der Waals surface area contributed by atoms with Gasteiger partial charge in [0, 0.05) is 5.02 Å². The molecule has 0 radical (unpaired) electrons. The van der Waals surface area contributed by atoms with Crippen molar-refractivity contribution in [2.75, 3.05) is 5.73 Å². The molecule has 6 heteroatoms. The second-order valence-electron chi connectivity index (χ2n) is 4.79. The topological polar surface area (TPSA) is 76.9 Å². The first-order valence-electron chi connectivity index (χ1n) is 6.72. The molecule has 2 aromatic rings. The van der Waals surface area contributed by atoms with Gasteiger partial charge in [-0.3, -0.25) is 0 Å². The lowest BCUT2D eigenvalue weighted by Gasteiger charge is -2.10. The number of benzene rings is 1. The zero-order chi connectivity index (χ0) is 15.4. The molecule has 0 aliphatic rings. The number of ether oxygens (including phenoxy) is 1. The van der Waals surface area contributed by atoms with Crippen LogP contribution in [-0.4, -0.2) is 9.78 Å². The van der Waals surface area contributed by atoms with E-state index in [-0.39, 0.29) is 17.5 Å². The third-order valence-electron chi connectivity index (χ3n) is 3.32. The first-order chi connectivity index (χ1) is 10.1. The Hall–Kier alpha value is -2.19. The van der Waals surface area contributed by atoms with Crippen LogP contribution >= 0.6 is 11.6 Å². The van der Waals surface area contributed by atoms with Crippen molar-refractivity contribution in [2.24, 2.45) is 0 Å². The summed E-state index contributed by atoms with van der Waals surface area (Å²) in [6.07, 6.45) is 0.868. The van der Waals surface area contributed by atoms with E-state index >= 15 is 0 Å². The average Bonchev–Trinajstić information content (AvgIpc) is 2.82. The smallest absolute Gasteiger partial charge is 0.253 e. The SMILES string of the molecule is CC[C@H](C)n1nc(OCc2ccc(Cl)cc2)c(C#N)c1N. The number of nitrogen functional groups attached to an aromatic ring is 1. The highest BCUT2D eigenvalue weighted by Crippen LogP contribution is 2.27. The zero-order valence-corrected chi connectivity index (χ0v) is 12.8. The first kappa shape index (κ1) is 15.2. The van der Waals surface area contributed by atoms with Gasteiger partial charge in [0.1, 0.15) is 18.5 Å². The standard InChI is InChI=1S/C15H17ClN4O/c1-3-10(2)20-14(18)13(8-17)15(19-20)21-9-11-4-6-12(16)7-5-11/h4-7,10H,3,9,18H2,1-2H3/t10-/m0/s1. The monoisotopic (exact) mass is 304 g/mol. The van der Waals surface area contributed by atoms with Gasteiger partial charge in [-0.05, 0) is 31.0 Å². The van der Waals surface area contributed by atoms with Crippen LogP contribution in [0.25, 0.3) is 0 Å². The van der Waals surface area contributed by atoms with Crippen LogP contribution in [-0.2, 0) is 6.61 Å². The summed E-state index contributed by atoms with van der Waals surface area (Å²) in [7, 11) is 0. The van der Waals surface area contributed by atoms with Crippen LogP contribution in [0.4, 0.5) is 5.82 Å². The molecule has 1 aromatic carbocycles. The Labute approximate surface area is 128 Å². The van der Waals surface area contributed by atoms with E-state index in [0.29, 0.717) is 17.4 Å². The molecule has 5 nitrogen and oxygen atoms in total. The van der Waals surface area contributed by atoms with Gasteiger partial charge in [-0.2, -0.15) is 5.26 Å². The normalized spacial score (nSPS) is 11.9. The number of aromatic nitrogens is 2. The van der Waals surface area contributed by atoms with Gasteiger partial charge in [0.05, 0.1) is 6.04 Å². The Bertz CT molecular complexity index is 658. The van der Waals surface area contributed by atoms with Gasteiger partial charge in [0.25, 0.3) is 5.88 Å². The van der Waals surface area contributed by atoms with Crippen molar-refractivity contribution >= 4 is 17.4 Å². The molecule has 1 aromatic heterocycles. The summed E-state index contributed by atoms with van der Waals surface area (Å²) >= 11 is 5.84. The third kappa shape index (κ3) is 3.29. The molecule has 0 aliphatic heterocycles. The zero-order valence-electron chi connectivity index (χ0n) is 12.0. The predicted octanol–water partition coefficient (Wildman–Crippen LogP) is 3.54. The minimum Gasteiger partial charge on any atom is -0.471 e. The van der Waals surface area contributed by atoms with Gasteiger partial charge < -0.3 is 10.5 Å². The van der Waals surface area contributed by atoms with Gasteiger partial charge in [0.2, 0.25) is 0 Å². The fourth-order valence-electron chi connectivity index (χ4n) is 1.87. The van der Waals surface area contributed by atoms with Gasteiger partial charge in [0.15, 0.2) is 5.56 Å². The molecule has 0 amide bonds. The molecule has 1 heterocycles. The van der Waals surface area contributed by atoms with E-state index in [1.807, 2.05) is 26.0 Å². The maximum Gasteiger partial charge on any atom is 0.253 e. The Morgan fingerprint density at radius 2 is 2.10 bits per heavy atom. The van der Waals surface area contributed by atoms with Crippen molar-refractivity contribution in [2.45, 2.75) is 32.9 Å². The van der Waals surface area contributed by atoms with Crippen LogP contribution < -0.4 is 10.5 Å². The number of nitriles is 1. The van der Waals surface area contributed by atoms with Crippen LogP contribution in [0.15, 0.2) is 24.3 Å². The van der Waals surface area contributed by atoms with Crippen molar-refractivity contribution in [3.05, 3.63) is 40.4 Å². The molecular formula is C15H17ClN4O. The molecular weight excluding hydrogens is 288 g/mol. The van der Waals surface area contributed by atoms with E-state index in [0.717, 1.165) is 12.0 Å². The van der Waals surface area contributed by atoms with Gasteiger partial charge in [-0.15, -0.1) is 5.10 Å². The van der Waals surface area contributed by atoms with E-state index in [4.69, 9.17) is 22.1 Å². The van der Waals surface area contributed by atoms with E-state index in [1.165, 1.54) is 0 Å². The Kier molecular flexibility index (Phi) is 4.71. The molecule has 0 bridgehead atoms. The van der Waals surface area contributed by atoms with E-state index in [2.05, 4.69) is 11.2 Å². The summed E-state index contributed by atoms with van der Waals surface area (Å²) in [4.78, 5) is 0. The van der Waals surface area contributed by atoms with Crippen LogP contribution in [0, 0.1) is 11.3 Å². The van der Waals surface area contributed by atoms with Crippen LogP contribution in [0.2, 0.25) is 5.02 Å². The summed E-state index contributed by atoms with van der Waals surface area (Å²) in [6.45, 7) is 4.34. The molecule has 110 valence electrons. The number of nitrogens with zero attached hydrogens (tertiary/aromatic N) is 3. The third-order valence-corrected chi connectivity index (χ3v) is 3.58. The second kappa shape index (κ2) is 6.51. The van der Waals surface area contributed by atoms with Crippen molar-refractivity contribution in [1.82, 2.24) is 9.78 Å². The van der Waals surface area contributed by atoms with Gasteiger partial charge in [-0.25, -0.2) is 4.68 Å². The summed E-state index contributed by atoms with van der Waals surface area (Å²) in [5, 5.41) is 14.2. The van der Waals surface area contributed by atoms with Crippen molar-refractivity contribution < 1.29 is 4.74 Å². The second-order valence-corrected chi connectivity index (χ2v) is 5.23. The minimum absolute atomic E-state index is 0.116. The summed E-state index contributed by atoms with van der Waals surface area (Å²) in [5.74, 6) is 0.614. The lowest BCUT2D eigenvalue weighted by atomic mass is 10.2. The highest BCUT2D eigenvalue weighted by molar-refractivity contribution is 6.30. The minimum atomic E-state index is 0.116. The van der Waals surface area contributed by atoms with E-state index in [9.17, 15) is 5.26 Å². The Morgan fingerprint density at radius 3 is 2.67 bits per heavy atom. The van der Waals surface area contributed by atoms with Crippen molar-refractivity contribution in [1.29, 1.82) is 5.26 Å². The number of hydrogen-bond donors (Lipinski definition) is 1. The first-order valence-corrected chi connectivity index (χ1v) is 7.10. The molecule has 0 fully saturated rings. The lowest BCUT2D eigenvalue weighted by molar-refractivity contribution is 0.286. The molecule has 0 aliphatic carbocycles. The maximum absolute atomic E-state index is 9.22.